The summed E-state index contributed by atoms with van der Waals surface area (Å²) in [6.07, 6.45) is 1.64. The first-order valence-corrected chi connectivity index (χ1v) is 8.71. The third-order valence-corrected chi connectivity index (χ3v) is 4.53. The van der Waals surface area contributed by atoms with Crippen molar-refractivity contribution in [3.8, 4) is 11.5 Å². The second kappa shape index (κ2) is 8.44. The van der Waals surface area contributed by atoms with Crippen molar-refractivity contribution in [1.29, 1.82) is 0 Å². The van der Waals surface area contributed by atoms with E-state index in [4.69, 9.17) is 4.74 Å². The first kappa shape index (κ1) is 20.8. The Morgan fingerprint density at radius 3 is 2.31 bits per heavy atom. The maximum atomic E-state index is 11.7. The van der Waals surface area contributed by atoms with Crippen molar-refractivity contribution < 1.29 is 44.2 Å². The number of nitrogens with zero attached hydrogens (tertiary/aromatic N) is 1. The number of thioether (sulfide) groups is 1. The van der Waals surface area contributed by atoms with Crippen molar-refractivity contribution in [2.45, 2.75) is 26.2 Å². The normalized spacial score (nSPS) is 15.6. The Bertz CT molecular complexity index is 867. The van der Waals surface area contributed by atoms with Crippen molar-refractivity contribution in [2.24, 2.45) is 4.99 Å². The molecule has 0 aromatic heterocycles. The summed E-state index contributed by atoms with van der Waals surface area (Å²) in [5.74, 6) is 0.829. The zero-order valence-corrected chi connectivity index (χ0v) is 18.1. The molecule has 128 valence electrons. The molecule has 4 nitrogen and oxygen atoms in total. The van der Waals surface area contributed by atoms with Crippen LogP contribution in [0.25, 0.3) is 6.08 Å². The van der Waals surface area contributed by atoms with Crippen LogP contribution in [0, 0.1) is 0 Å². The van der Waals surface area contributed by atoms with Crippen molar-refractivity contribution in [1.82, 2.24) is 0 Å². The van der Waals surface area contributed by atoms with E-state index in [-0.39, 0.29) is 35.0 Å². The van der Waals surface area contributed by atoms with Gasteiger partial charge in [-0.2, -0.15) is 0 Å². The van der Waals surface area contributed by atoms with Crippen LogP contribution in [0.1, 0.15) is 31.9 Å². The second-order valence-corrected chi connectivity index (χ2v) is 7.70. The van der Waals surface area contributed by atoms with E-state index >= 15 is 0 Å². The Hall–Kier alpha value is -1.53. The number of carbonyl (C=O) groups excluding carboxylic acids is 1. The predicted molar refractivity (Wildman–Crippen MR) is 100 cm³/mol. The van der Waals surface area contributed by atoms with Gasteiger partial charge in [0.2, 0.25) is 0 Å². The molecule has 2 aromatic rings. The summed E-state index contributed by atoms with van der Waals surface area (Å²) in [5.41, 5.74) is 2.03. The van der Waals surface area contributed by atoms with Gasteiger partial charge in [-0.1, -0.05) is 51.1 Å². The van der Waals surface area contributed by atoms with Crippen LogP contribution in [0.5, 0.6) is 11.5 Å². The predicted octanol–water partition coefficient (Wildman–Crippen LogP) is 1.75. The topological polar surface area (TPSA) is 61.7 Å². The molecule has 1 aliphatic heterocycles. The largest absolute Gasteiger partial charge is 1.00 e. The number of hydrogen-bond donors (Lipinski definition) is 0. The number of rotatable bonds is 3. The van der Waals surface area contributed by atoms with Crippen LogP contribution in [-0.2, 0) is 5.41 Å². The van der Waals surface area contributed by atoms with Crippen LogP contribution in [0.15, 0.2) is 58.4 Å². The summed E-state index contributed by atoms with van der Waals surface area (Å²) in [5, 5.41) is 11.2. The first-order chi connectivity index (χ1) is 11.8. The molecule has 3 rings (SSSR count). The monoisotopic (exact) mass is 375 g/mol. The number of hydrogen-bond acceptors (Lipinski definition) is 4. The number of para-hydroxylation sites is 1. The van der Waals surface area contributed by atoms with Gasteiger partial charge >= 0.3 is 34.8 Å². The fraction of sp³-hybridized carbons (Fsp3) is 0.200. The molecular weight excluding hydrogens is 357 g/mol. The van der Waals surface area contributed by atoms with E-state index in [1.165, 1.54) is 5.56 Å². The zero-order chi connectivity index (χ0) is 18.0. The molecule has 0 unspecified atom stereocenters. The molecule has 0 radical (unpaired) electrons. The molecule has 0 N–H and O–H groups in total. The van der Waals surface area contributed by atoms with Gasteiger partial charge in [-0.15, -0.1) is 0 Å². The molecule has 0 fully saturated rings. The molecule has 0 saturated heterocycles. The van der Waals surface area contributed by atoms with E-state index < -0.39 is 11.1 Å². The summed E-state index contributed by atoms with van der Waals surface area (Å²) in [6.45, 7) is 6.48. The molecular formula is C20H18NNaO3S. The summed E-state index contributed by atoms with van der Waals surface area (Å²) in [4.78, 5) is 14.9. The van der Waals surface area contributed by atoms with E-state index in [0.29, 0.717) is 16.4 Å². The number of benzene rings is 2. The maximum Gasteiger partial charge on any atom is 1.00 e. The van der Waals surface area contributed by atoms with Crippen LogP contribution in [0.4, 0.5) is 4.79 Å². The molecule has 2 aromatic carbocycles. The first-order valence-electron chi connectivity index (χ1n) is 7.90. The van der Waals surface area contributed by atoms with Crippen molar-refractivity contribution >= 4 is 29.0 Å². The van der Waals surface area contributed by atoms with E-state index in [1.54, 1.807) is 6.08 Å². The molecule has 1 heterocycles. The minimum absolute atomic E-state index is 0. The molecule has 0 atom stereocenters. The minimum atomic E-state index is -0.501. The fourth-order valence-electron chi connectivity index (χ4n) is 2.37. The van der Waals surface area contributed by atoms with Gasteiger partial charge in [-0.3, -0.25) is 4.79 Å². The van der Waals surface area contributed by atoms with E-state index in [9.17, 15) is 9.90 Å². The number of ether oxygens (including phenoxy) is 1. The summed E-state index contributed by atoms with van der Waals surface area (Å²) >= 11 is 0.839. The van der Waals surface area contributed by atoms with Gasteiger partial charge in [0.25, 0.3) is 0 Å². The Kier molecular flexibility index (Phi) is 6.74. The van der Waals surface area contributed by atoms with Crippen LogP contribution >= 0.6 is 11.8 Å². The van der Waals surface area contributed by atoms with Gasteiger partial charge in [0, 0.05) is 16.4 Å². The van der Waals surface area contributed by atoms with Gasteiger partial charge in [-0.05, 0) is 47.0 Å². The number of carbonyl (C=O) groups is 1. The van der Waals surface area contributed by atoms with Gasteiger partial charge in [0.1, 0.15) is 11.5 Å². The summed E-state index contributed by atoms with van der Waals surface area (Å²) in [7, 11) is 0. The van der Waals surface area contributed by atoms with E-state index in [2.05, 4.69) is 25.8 Å². The Labute approximate surface area is 179 Å². The molecule has 0 aliphatic carbocycles. The van der Waals surface area contributed by atoms with Crippen molar-refractivity contribution in [3.05, 3.63) is 64.6 Å². The molecule has 1 amide bonds. The average Bonchev–Trinajstić information content (AvgIpc) is 2.86. The van der Waals surface area contributed by atoms with Gasteiger partial charge in [0.15, 0.2) is 0 Å². The van der Waals surface area contributed by atoms with Crippen LogP contribution < -0.4 is 39.4 Å². The van der Waals surface area contributed by atoms with E-state index in [0.717, 1.165) is 17.3 Å². The zero-order valence-electron chi connectivity index (χ0n) is 15.3. The summed E-state index contributed by atoms with van der Waals surface area (Å²) < 4.78 is 5.97. The maximum absolute atomic E-state index is 11.7. The third-order valence-electron chi connectivity index (χ3n) is 3.75. The van der Waals surface area contributed by atoms with Crippen molar-refractivity contribution in [3.63, 3.8) is 0 Å². The van der Waals surface area contributed by atoms with Crippen LogP contribution in [0.2, 0.25) is 0 Å². The Morgan fingerprint density at radius 1 is 1.08 bits per heavy atom. The average molecular weight is 375 g/mol. The second-order valence-electron chi connectivity index (χ2n) is 6.71. The molecule has 6 heteroatoms. The number of amides is 1. The van der Waals surface area contributed by atoms with Gasteiger partial charge < -0.3 is 9.84 Å². The standard InChI is InChI=1S/C20H19NO3S.Na/c1-20(2,3)14-8-10-15(11-9-14)24-16-7-5-4-6-13(16)12-17-18(22)21-19(23)25-17;/h4-12H,1-3H3,(H,21,22,23);/q;+1/p-1/b17-12-;. The number of aliphatic imine (C=N–C) groups is 1. The minimum Gasteiger partial charge on any atom is -0.858 e. The molecule has 0 saturated carbocycles. The Morgan fingerprint density at radius 2 is 1.73 bits per heavy atom. The van der Waals surface area contributed by atoms with Gasteiger partial charge in [-0.25, -0.2) is 4.99 Å². The van der Waals surface area contributed by atoms with Crippen LogP contribution in [-0.4, -0.2) is 11.1 Å². The smallest absolute Gasteiger partial charge is 0.858 e. The molecule has 0 bridgehead atoms. The van der Waals surface area contributed by atoms with Crippen molar-refractivity contribution in [2.75, 3.05) is 0 Å². The fourth-order valence-corrected chi connectivity index (χ4v) is 3.01. The quantitative estimate of drug-likeness (QED) is 0.767. The molecule has 26 heavy (non-hydrogen) atoms. The Balaban J connectivity index is 0.00000243. The molecule has 1 aliphatic rings. The SMILES string of the molecule is CC(C)(C)c1ccc(Oc2ccccc2/C=C2\SC(=O)N=C2[O-])cc1.[Na+]. The van der Waals surface area contributed by atoms with Gasteiger partial charge in [0.05, 0.1) is 0 Å². The van der Waals surface area contributed by atoms with Crippen LogP contribution in [0.3, 0.4) is 0 Å². The van der Waals surface area contributed by atoms with E-state index in [1.807, 2.05) is 48.5 Å². The summed E-state index contributed by atoms with van der Waals surface area (Å²) in [6, 6.07) is 15.3. The molecule has 0 spiro atoms. The third kappa shape index (κ3) is 5.01.